The van der Waals surface area contributed by atoms with Crippen LogP contribution in [0.15, 0.2) is 35.5 Å². The predicted molar refractivity (Wildman–Crippen MR) is 95.7 cm³/mol. The first-order valence-electron chi connectivity index (χ1n) is 7.47. The first-order valence-corrected chi connectivity index (χ1v) is 9.77. The van der Waals surface area contributed by atoms with Crippen LogP contribution in [0.3, 0.4) is 0 Å². The van der Waals surface area contributed by atoms with Crippen LogP contribution in [0.5, 0.6) is 5.75 Å². The lowest BCUT2D eigenvalue weighted by molar-refractivity contribution is 0.415. The van der Waals surface area contributed by atoms with Crippen molar-refractivity contribution in [3.63, 3.8) is 0 Å². The molecule has 1 N–H and O–H groups in total. The normalized spacial score (nSPS) is 12.0. The van der Waals surface area contributed by atoms with Crippen LogP contribution in [0.2, 0.25) is 0 Å². The molecule has 0 aliphatic heterocycles. The predicted octanol–water partition coefficient (Wildman–Crippen LogP) is 3.64. The summed E-state index contributed by atoms with van der Waals surface area (Å²) in [4.78, 5) is 6.21. The third kappa shape index (κ3) is 2.99. The molecule has 128 valence electrons. The van der Waals surface area contributed by atoms with Crippen LogP contribution in [-0.4, -0.2) is 24.9 Å². The van der Waals surface area contributed by atoms with Crippen molar-refractivity contribution in [2.45, 2.75) is 31.7 Å². The Bertz CT molecular complexity index is 970. The van der Waals surface area contributed by atoms with Gasteiger partial charge in [0.05, 0.1) is 12.8 Å². The average molecular weight is 365 g/mol. The lowest BCUT2D eigenvalue weighted by Crippen LogP contribution is -2.17. The lowest BCUT2D eigenvalue weighted by atomic mass is 10.2. The van der Waals surface area contributed by atoms with Crippen molar-refractivity contribution in [2.24, 2.45) is 0 Å². The summed E-state index contributed by atoms with van der Waals surface area (Å²) in [7, 11) is -2.20. The highest BCUT2D eigenvalue weighted by Gasteiger charge is 2.27. The van der Waals surface area contributed by atoms with Gasteiger partial charge in [0.1, 0.15) is 5.75 Å². The first kappa shape index (κ1) is 16.8. The van der Waals surface area contributed by atoms with Gasteiger partial charge in [-0.2, -0.15) is 8.42 Å². The number of anilines is 1. The minimum Gasteiger partial charge on any atom is -0.497 e. The lowest BCUT2D eigenvalue weighted by Gasteiger charge is -2.11. The molecule has 0 radical (unpaired) electrons. The van der Waals surface area contributed by atoms with Crippen LogP contribution in [0.25, 0.3) is 4.96 Å². The average Bonchev–Trinajstić information content (AvgIpc) is 3.03. The minimum absolute atomic E-state index is 0.000140. The summed E-state index contributed by atoms with van der Waals surface area (Å²) in [6.45, 7) is 5.80. The molecular weight excluding hydrogens is 346 g/mol. The number of aryl methyl sites for hydroxylation is 1. The van der Waals surface area contributed by atoms with Gasteiger partial charge in [0.15, 0.2) is 9.99 Å². The Hall–Kier alpha value is -2.06. The number of imidazole rings is 1. The maximum Gasteiger partial charge on any atom is 0.279 e. The van der Waals surface area contributed by atoms with Crippen molar-refractivity contribution < 1.29 is 13.2 Å². The van der Waals surface area contributed by atoms with Gasteiger partial charge in [-0.25, -0.2) is 4.98 Å². The third-order valence-electron chi connectivity index (χ3n) is 3.57. The first-order chi connectivity index (χ1) is 11.3. The molecule has 6 nitrogen and oxygen atoms in total. The molecule has 3 rings (SSSR count). The number of sulfonamides is 1. The second-order valence-electron chi connectivity index (χ2n) is 5.79. The Balaban J connectivity index is 2.07. The SMILES string of the molecule is COc1ccc(NS(=O)(=O)c2c(C(C)C)nc3sc(C)cn23)cc1. The van der Waals surface area contributed by atoms with Crippen molar-refractivity contribution in [3.05, 3.63) is 41.0 Å². The van der Waals surface area contributed by atoms with Gasteiger partial charge >= 0.3 is 0 Å². The Morgan fingerprint density at radius 1 is 1.25 bits per heavy atom. The van der Waals surface area contributed by atoms with E-state index in [1.807, 2.05) is 27.0 Å². The van der Waals surface area contributed by atoms with Crippen molar-refractivity contribution in [2.75, 3.05) is 11.8 Å². The molecule has 0 saturated heterocycles. The quantitative estimate of drug-likeness (QED) is 0.749. The van der Waals surface area contributed by atoms with Gasteiger partial charge in [0.2, 0.25) is 0 Å². The molecule has 0 aliphatic carbocycles. The fourth-order valence-electron chi connectivity index (χ4n) is 2.46. The molecule has 0 aliphatic rings. The van der Waals surface area contributed by atoms with Gasteiger partial charge in [0, 0.05) is 16.8 Å². The molecule has 24 heavy (non-hydrogen) atoms. The van der Waals surface area contributed by atoms with E-state index in [4.69, 9.17) is 4.74 Å². The van der Waals surface area contributed by atoms with E-state index in [1.54, 1.807) is 35.8 Å². The molecule has 3 aromatic rings. The van der Waals surface area contributed by atoms with Gasteiger partial charge < -0.3 is 4.74 Å². The van der Waals surface area contributed by atoms with Crippen LogP contribution >= 0.6 is 11.3 Å². The molecule has 1 aromatic carbocycles. The summed E-state index contributed by atoms with van der Waals surface area (Å²) in [6, 6.07) is 6.76. The van der Waals surface area contributed by atoms with E-state index >= 15 is 0 Å². The zero-order valence-electron chi connectivity index (χ0n) is 13.9. The van der Waals surface area contributed by atoms with Crippen LogP contribution < -0.4 is 9.46 Å². The standard InChI is InChI=1S/C16H19N3O3S2/c1-10(2)14-15(19-9-11(3)23-16(19)17-14)24(20,21)18-12-5-7-13(22-4)8-6-12/h5-10,18H,1-4H3. The van der Waals surface area contributed by atoms with Crippen molar-refractivity contribution in [1.82, 2.24) is 9.38 Å². The third-order valence-corrected chi connectivity index (χ3v) is 5.88. The van der Waals surface area contributed by atoms with Gasteiger partial charge in [-0.05, 0) is 37.1 Å². The van der Waals surface area contributed by atoms with Crippen LogP contribution in [0.4, 0.5) is 5.69 Å². The molecule has 0 unspecified atom stereocenters. The van der Waals surface area contributed by atoms with E-state index in [0.717, 1.165) is 4.88 Å². The molecule has 0 spiro atoms. The highest BCUT2D eigenvalue weighted by Crippen LogP contribution is 2.30. The molecule has 0 fully saturated rings. The maximum absolute atomic E-state index is 13.0. The van der Waals surface area contributed by atoms with Crippen LogP contribution in [0.1, 0.15) is 30.3 Å². The number of hydrogen-bond donors (Lipinski definition) is 1. The molecule has 0 amide bonds. The monoisotopic (exact) mass is 365 g/mol. The summed E-state index contributed by atoms with van der Waals surface area (Å²) in [5.41, 5.74) is 1.05. The number of fused-ring (bicyclic) bond motifs is 1. The summed E-state index contributed by atoms with van der Waals surface area (Å²) in [6.07, 6.45) is 1.81. The van der Waals surface area contributed by atoms with Gasteiger partial charge in [-0.15, -0.1) is 11.3 Å². The summed E-state index contributed by atoms with van der Waals surface area (Å²) < 4.78 is 35.3. The second kappa shape index (κ2) is 6.10. The fourth-order valence-corrected chi connectivity index (χ4v) is 4.85. The topological polar surface area (TPSA) is 72.7 Å². The smallest absolute Gasteiger partial charge is 0.279 e. The van der Waals surface area contributed by atoms with E-state index in [1.165, 1.54) is 11.3 Å². The summed E-state index contributed by atoms with van der Waals surface area (Å²) in [5, 5.41) is 0.202. The number of nitrogens with one attached hydrogen (secondary N) is 1. The summed E-state index contributed by atoms with van der Waals surface area (Å²) >= 11 is 1.47. The van der Waals surface area contributed by atoms with Gasteiger partial charge in [-0.3, -0.25) is 9.12 Å². The van der Waals surface area contributed by atoms with E-state index in [-0.39, 0.29) is 10.9 Å². The minimum atomic E-state index is -3.76. The number of thiazole rings is 1. The zero-order chi connectivity index (χ0) is 17.5. The largest absolute Gasteiger partial charge is 0.497 e. The van der Waals surface area contributed by atoms with Crippen LogP contribution in [-0.2, 0) is 10.0 Å². The van der Waals surface area contributed by atoms with Crippen molar-refractivity contribution in [3.8, 4) is 5.75 Å². The highest BCUT2D eigenvalue weighted by molar-refractivity contribution is 7.92. The highest BCUT2D eigenvalue weighted by atomic mass is 32.2. The van der Waals surface area contributed by atoms with Crippen LogP contribution in [0, 0.1) is 6.92 Å². The summed E-state index contributed by atoms with van der Waals surface area (Å²) in [5.74, 6) is 0.667. The fraction of sp³-hybridized carbons (Fsp3) is 0.312. The Labute approximate surface area is 145 Å². The number of nitrogens with zero attached hydrogens (tertiary/aromatic N) is 2. The number of rotatable bonds is 5. The Morgan fingerprint density at radius 2 is 1.92 bits per heavy atom. The number of aromatic nitrogens is 2. The maximum atomic E-state index is 13.0. The van der Waals surface area contributed by atoms with E-state index in [0.29, 0.717) is 22.1 Å². The van der Waals surface area contributed by atoms with E-state index < -0.39 is 10.0 Å². The number of benzene rings is 1. The Kier molecular flexibility index (Phi) is 4.27. The molecule has 2 aromatic heterocycles. The number of methoxy groups -OCH3 is 1. The molecular formula is C16H19N3O3S2. The molecule has 8 heteroatoms. The molecule has 0 atom stereocenters. The van der Waals surface area contributed by atoms with E-state index in [9.17, 15) is 8.42 Å². The van der Waals surface area contributed by atoms with E-state index in [2.05, 4.69) is 9.71 Å². The van der Waals surface area contributed by atoms with Crippen molar-refractivity contribution >= 4 is 32.0 Å². The second-order valence-corrected chi connectivity index (χ2v) is 8.60. The van der Waals surface area contributed by atoms with Gasteiger partial charge in [0.25, 0.3) is 10.0 Å². The number of ether oxygens (including phenoxy) is 1. The van der Waals surface area contributed by atoms with Crippen molar-refractivity contribution in [1.29, 1.82) is 0 Å². The zero-order valence-corrected chi connectivity index (χ0v) is 15.5. The number of hydrogen-bond acceptors (Lipinski definition) is 5. The van der Waals surface area contributed by atoms with Gasteiger partial charge in [-0.1, -0.05) is 13.8 Å². The Morgan fingerprint density at radius 3 is 2.50 bits per heavy atom. The molecule has 0 saturated carbocycles. The molecule has 2 heterocycles. The molecule has 0 bridgehead atoms.